The maximum atomic E-state index is 12.6. The molecule has 36 heavy (non-hydrogen) atoms. The number of aromatic nitrogens is 5. The monoisotopic (exact) mass is 484 g/mol. The molecule has 0 saturated carbocycles. The van der Waals surface area contributed by atoms with E-state index in [2.05, 4.69) is 38.8 Å². The smallest absolute Gasteiger partial charge is 0.256 e. The van der Waals surface area contributed by atoms with Crippen molar-refractivity contribution in [3.05, 3.63) is 72.7 Å². The molecule has 1 fully saturated rings. The topological polar surface area (TPSA) is 132 Å². The average Bonchev–Trinajstić information content (AvgIpc) is 3.48. The van der Waals surface area contributed by atoms with Crippen LogP contribution in [0.1, 0.15) is 28.4 Å². The lowest BCUT2D eigenvalue weighted by molar-refractivity contribution is -0.104. The molecule has 1 atom stereocenters. The Balaban J connectivity index is 0.000000709. The molecule has 0 aliphatic carbocycles. The van der Waals surface area contributed by atoms with Gasteiger partial charge in [0.2, 0.25) is 0 Å². The summed E-state index contributed by atoms with van der Waals surface area (Å²) in [5.41, 5.74) is 10.1. The zero-order chi connectivity index (χ0) is 25.7. The van der Waals surface area contributed by atoms with E-state index in [0.29, 0.717) is 23.5 Å². The van der Waals surface area contributed by atoms with Crippen LogP contribution in [0.4, 0.5) is 11.6 Å². The van der Waals surface area contributed by atoms with Crippen LogP contribution in [0.15, 0.2) is 61.6 Å². The number of carbonyl (C=O) groups excluding carboxylic acids is 2. The molecule has 0 bridgehead atoms. The minimum atomic E-state index is -0.220. The number of likely N-dealkylation sites (tertiary alicyclic amines) is 1. The molecule has 1 amide bonds. The second-order valence-electron chi connectivity index (χ2n) is 8.58. The van der Waals surface area contributed by atoms with Gasteiger partial charge in [-0.3, -0.25) is 9.59 Å². The number of hydrogen-bond donors (Lipinski definition) is 2. The number of aryl methyl sites for hydroxylation is 1. The van der Waals surface area contributed by atoms with E-state index >= 15 is 0 Å². The first kappa shape index (κ1) is 24.7. The van der Waals surface area contributed by atoms with Gasteiger partial charge in [0.1, 0.15) is 29.9 Å². The Labute approximate surface area is 208 Å². The van der Waals surface area contributed by atoms with Crippen molar-refractivity contribution in [2.24, 2.45) is 0 Å². The third-order valence-electron chi connectivity index (χ3n) is 5.90. The highest BCUT2D eigenvalue weighted by Gasteiger charge is 2.26. The van der Waals surface area contributed by atoms with Crippen LogP contribution in [0.3, 0.4) is 0 Å². The summed E-state index contributed by atoms with van der Waals surface area (Å²) in [5.74, 6) is 0.701. The van der Waals surface area contributed by atoms with Gasteiger partial charge in [-0.15, -0.1) is 0 Å². The quantitative estimate of drug-likeness (QED) is 0.326. The van der Waals surface area contributed by atoms with Crippen molar-refractivity contribution >= 4 is 34.9 Å². The molecule has 184 valence electrons. The molecule has 4 aromatic rings. The molecule has 1 aromatic carbocycles. The highest BCUT2D eigenvalue weighted by Crippen LogP contribution is 2.33. The number of aldehydes is 1. The fourth-order valence-corrected chi connectivity index (χ4v) is 4.14. The van der Waals surface area contributed by atoms with Crippen molar-refractivity contribution in [1.82, 2.24) is 29.6 Å². The van der Waals surface area contributed by atoms with Gasteiger partial charge in [-0.1, -0.05) is 18.7 Å². The van der Waals surface area contributed by atoms with Crippen LogP contribution in [0.5, 0.6) is 0 Å². The van der Waals surface area contributed by atoms with Crippen LogP contribution < -0.4 is 11.1 Å². The summed E-state index contributed by atoms with van der Waals surface area (Å²) in [4.78, 5) is 36.8. The van der Waals surface area contributed by atoms with Crippen molar-refractivity contribution in [3.8, 4) is 11.3 Å². The standard InChI is InChI=1S/C23H24N8O.C3H4O/c1-14-7-9-25-18(11-14)28-23(32)16-5-3-15(4-6-16)20-19-21(24)26-13-27-22(19)31(29-20)17-8-10-30(2)12-17;1-2-3-4/h3-7,9,11,13,17H,8,10,12H2,1-2H3,(H2,24,26,27)(H,25,28,32);2-3H,1H2. The van der Waals surface area contributed by atoms with E-state index < -0.39 is 0 Å². The molecule has 1 saturated heterocycles. The summed E-state index contributed by atoms with van der Waals surface area (Å²) < 4.78 is 1.97. The number of nitrogens with two attached hydrogens (primary N) is 1. The third-order valence-corrected chi connectivity index (χ3v) is 5.90. The predicted octanol–water partition coefficient (Wildman–Crippen LogP) is 3.28. The van der Waals surface area contributed by atoms with E-state index in [4.69, 9.17) is 15.6 Å². The number of rotatable bonds is 5. The molecule has 1 aliphatic heterocycles. The summed E-state index contributed by atoms with van der Waals surface area (Å²) in [7, 11) is 2.10. The van der Waals surface area contributed by atoms with Crippen LogP contribution in [0.25, 0.3) is 22.3 Å². The van der Waals surface area contributed by atoms with Gasteiger partial charge in [0.05, 0.1) is 11.4 Å². The van der Waals surface area contributed by atoms with E-state index in [1.807, 2.05) is 35.9 Å². The average molecular weight is 485 g/mol. The first-order chi connectivity index (χ1) is 17.4. The zero-order valence-electron chi connectivity index (χ0n) is 20.3. The molecule has 1 aliphatic rings. The Morgan fingerprint density at radius 3 is 2.58 bits per heavy atom. The minimum absolute atomic E-state index is 0.220. The van der Waals surface area contributed by atoms with Crippen molar-refractivity contribution in [2.75, 3.05) is 31.2 Å². The summed E-state index contributed by atoms with van der Waals surface area (Å²) in [6.07, 6.45) is 5.98. The van der Waals surface area contributed by atoms with Gasteiger partial charge in [0.25, 0.3) is 5.91 Å². The number of fused-ring (bicyclic) bond motifs is 1. The van der Waals surface area contributed by atoms with Gasteiger partial charge in [-0.25, -0.2) is 19.6 Å². The highest BCUT2D eigenvalue weighted by atomic mass is 16.1. The van der Waals surface area contributed by atoms with Gasteiger partial charge < -0.3 is 16.0 Å². The van der Waals surface area contributed by atoms with Gasteiger partial charge in [-0.2, -0.15) is 5.10 Å². The molecule has 5 rings (SSSR count). The Morgan fingerprint density at radius 2 is 1.94 bits per heavy atom. The largest absolute Gasteiger partial charge is 0.383 e. The van der Waals surface area contributed by atoms with Crippen LogP contribution in [-0.4, -0.2) is 62.0 Å². The Bertz CT molecular complexity index is 1390. The number of carbonyl (C=O) groups is 2. The molecule has 4 heterocycles. The fourth-order valence-electron chi connectivity index (χ4n) is 4.14. The molecular weight excluding hydrogens is 456 g/mol. The fraction of sp³-hybridized carbons (Fsp3) is 0.231. The molecular formula is C26H28N8O2. The predicted molar refractivity (Wildman–Crippen MR) is 140 cm³/mol. The van der Waals surface area contributed by atoms with Crippen molar-refractivity contribution in [2.45, 2.75) is 19.4 Å². The number of likely N-dealkylation sites (N-methyl/N-ethyl adjacent to an activating group) is 1. The Hall–Kier alpha value is -4.44. The number of nitrogen functional groups attached to an aromatic ring is 1. The minimum Gasteiger partial charge on any atom is -0.383 e. The molecule has 0 spiro atoms. The number of benzene rings is 1. The van der Waals surface area contributed by atoms with Gasteiger partial charge in [0.15, 0.2) is 5.65 Å². The first-order valence-corrected chi connectivity index (χ1v) is 11.5. The molecule has 0 radical (unpaired) electrons. The lowest BCUT2D eigenvalue weighted by Gasteiger charge is -2.11. The summed E-state index contributed by atoms with van der Waals surface area (Å²) in [5, 5.41) is 8.45. The van der Waals surface area contributed by atoms with Gasteiger partial charge in [-0.05, 0) is 56.3 Å². The summed E-state index contributed by atoms with van der Waals surface area (Å²) >= 11 is 0. The molecule has 3 N–H and O–H groups in total. The van der Waals surface area contributed by atoms with Crippen molar-refractivity contribution in [1.29, 1.82) is 0 Å². The number of nitrogens with one attached hydrogen (secondary N) is 1. The van der Waals surface area contributed by atoms with Gasteiger partial charge >= 0.3 is 0 Å². The van der Waals surface area contributed by atoms with E-state index in [0.717, 1.165) is 47.4 Å². The van der Waals surface area contributed by atoms with E-state index in [9.17, 15) is 4.79 Å². The number of hydrogen-bond acceptors (Lipinski definition) is 8. The summed E-state index contributed by atoms with van der Waals surface area (Å²) in [6, 6.07) is 11.2. The molecule has 1 unspecified atom stereocenters. The second kappa shape index (κ2) is 10.9. The third kappa shape index (κ3) is 5.28. The Kier molecular flexibility index (Phi) is 7.45. The first-order valence-electron chi connectivity index (χ1n) is 11.5. The van der Waals surface area contributed by atoms with Crippen LogP contribution in [-0.2, 0) is 4.79 Å². The number of allylic oxidation sites excluding steroid dienone is 1. The van der Waals surface area contributed by atoms with Crippen molar-refractivity contribution < 1.29 is 9.59 Å². The number of pyridine rings is 1. The molecule has 10 nitrogen and oxygen atoms in total. The highest BCUT2D eigenvalue weighted by molar-refractivity contribution is 6.04. The SMILES string of the molecule is C=CC=O.Cc1ccnc(NC(=O)c2ccc(-c3nn(C4CCN(C)C4)c4ncnc(N)c34)cc2)c1. The van der Waals surface area contributed by atoms with Crippen LogP contribution in [0, 0.1) is 6.92 Å². The zero-order valence-corrected chi connectivity index (χ0v) is 20.3. The maximum absolute atomic E-state index is 12.6. The maximum Gasteiger partial charge on any atom is 0.256 e. The number of amides is 1. The van der Waals surface area contributed by atoms with Crippen LogP contribution in [0.2, 0.25) is 0 Å². The lowest BCUT2D eigenvalue weighted by Crippen LogP contribution is -2.17. The lowest BCUT2D eigenvalue weighted by atomic mass is 10.1. The normalized spacial score (nSPS) is 15.2. The molecule has 10 heteroatoms. The Morgan fingerprint density at radius 1 is 1.19 bits per heavy atom. The van der Waals surface area contributed by atoms with Crippen LogP contribution >= 0.6 is 0 Å². The molecule has 3 aromatic heterocycles. The van der Waals surface area contributed by atoms with E-state index in [1.54, 1.807) is 18.3 Å². The summed E-state index contributed by atoms with van der Waals surface area (Å²) in [6.45, 7) is 6.99. The van der Waals surface area contributed by atoms with E-state index in [-0.39, 0.29) is 11.9 Å². The second-order valence-corrected chi connectivity index (χ2v) is 8.58. The van der Waals surface area contributed by atoms with E-state index in [1.165, 1.54) is 12.4 Å². The number of anilines is 2. The number of nitrogens with zero attached hydrogens (tertiary/aromatic N) is 6. The van der Waals surface area contributed by atoms with Gasteiger partial charge in [0, 0.05) is 30.4 Å². The van der Waals surface area contributed by atoms with Crippen molar-refractivity contribution in [3.63, 3.8) is 0 Å².